The predicted molar refractivity (Wildman–Crippen MR) is 61.3 cm³/mol. The van der Waals surface area contributed by atoms with Gasteiger partial charge in [-0.25, -0.2) is 4.98 Å². The van der Waals surface area contributed by atoms with E-state index in [0.717, 1.165) is 43.6 Å². The molecule has 1 aromatic heterocycles. The maximum absolute atomic E-state index is 5.37. The lowest BCUT2D eigenvalue weighted by Crippen LogP contribution is -2.33. The van der Waals surface area contributed by atoms with E-state index in [0.29, 0.717) is 5.41 Å². The molecule has 84 valence electrons. The molecule has 4 nitrogen and oxygen atoms in total. The quantitative estimate of drug-likeness (QED) is 0.858. The molecule has 0 bridgehead atoms. The topological polar surface area (TPSA) is 47.0 Å². The third-order valence-electron chi connectivity index (χ3n) is 2.89. The number of nitrogens with one attached hydrogen (secondary N) is 1. The van der Waals surface area contributed by atoms with Crippen LogP contribution in [-0.2, 0) is 4.74 Å². The SMILES string of the molecule is Cc1nsc(NCC2(C)CCOCC2)n1. The summed E-state index contributed by atoms with van der Waals surface area (Å²) in [6.07, 6.45) is 2.25. The van der Waals surface area contributed by atoms with E-state index in [1.165, 1.54) is 11.5 Å². The van der Waals surface area contributed by atoms with Crippen molar-refractivity contribution < 1.29 is 4.74 Å². The van der Waals surface area contributed by atoms with Crippen LogP contribution in [0.5, 0.6) is 0 Å². The molecule has 0 spiro atoms. The monoisotopic (exact) mass is 227 g/mol. The van der Waals surface area contributed by atoms with E-state index in [1.54, 1.807) is 0 Å². The summed E-state index contributed by atoms with van der Waals surface area (Å²) in [5.74, 6) is 0.847. The van der Waals surface area contributed by atoms with Crippen molar-refractivity contribution in [3.63, 3.8) is 0 Å². The van der Waals surface area contributed by atoms with Crippen molar-refractivity contribution in [3.05, 3.63) is 5.82 Å². The second kappa shape index (κ2) is 4.45. The van der Waals surface area contributed by atoms with Crippen LogP contribution in [0.25, 0.3) is 0 Å². The minimum absolute atomic E-state index is 0.345. The van der Waals surface area contributed by atoms with E-state index in [-0.39, 0.29) is 0 Å². The highest BCUT2D eigenvalue weighted by molar-refractivity contribution is 7.09. The van der Waals surface area contributed by atoms with Crippen molar-refractivity contribution in [3.8, 4) is 0 Å². The molecule has 15 heavy (non-hydrogen) atoms. The van der Waals surface area contributed by atoms with Crippen molar-refractivity contribution >= 4 is 16.7 Å². The van der Waals surface area contributed by atoms with Gasteiger partial charge < -0.3 is 10.1 Å². The third-order valence-corrected chi connectivity index (χ3v) is 3.66. The molecule has 2 rings (SSSR count). The Balaban J connectivity index is 1.86. The molecule has 1 N–H and O–H groups in total. The summed E-state index contributed by atoms with van der Waals surface area (Å²) < 4.78 is 9.51. The molecule has 0 aromatic carbocycles. The van der Waals surface area contributed by atoms with Crippen molar-refractivity contribution in [2.45, 2.75) is 26.7 Å². The normalized spacial score (nSPS) is 20.1. The number of aromatic nitrogens is 2. The van der Waals surface area contributed by atoms with Gasteiger partial charge in [-0.15, -0.1) is 0 Å². The average Bonchev–Trinajstić information content (AvgIpc) is 2.63. The summed E-state index contributed by atoms with van der Waals surface area (Å²) >= 11 is 1.43. The molecule has 5 heteroatoms. The van der Waals surface area contributed by atoms with Crippen LogP contribution in [0.1, 0.15) is 25.6 Å². The third kappa shape index (κ3) is 2.89. The maximum Gasteiger partial charge on any atom is 0.202 e. The van der Waals surface area contributed by atoms with Gasteiger partial charge in [0, 0.05) is 31.3 Å². The Morgan fingerprint density at radius 3 is 2.80 bits per heavy atom. The molecule has 0 saturated carbocycles. The number of rotatable bonds is 3. The number of ether oxygens (including phenoxy) is 1. The van der Waals surface area contributed by atoms with Crippen LogP contribution in [0.15, 0.2) is 0 Å². The van der Waals surface area contributed by atoms with Crippen molar-refractivity contribution in [1.82, 2.24) is 9.36 Å². The lowest BCUT2D eigenvalue weighted by atomic mass is 9.82. The minimum Gasteiger partial charge on any atom is -0.381 e. The van der Waals surface area contributed by atoms with Crippen LogP contribution in [0.4, 0.5) is 5.13 Å². The van der Waals surface area contributed by atoms with E-state index < -0.39 is 0 Å². The second-order valence-corrected chi connectivity index (χ2v) is 5.18. The molecule has 1 fully saturated rings. The van der Waals surface area contributed by atoms with Gasteiger partial charge in [-0.2, -0.15) is 4.37 Å². The van der Waals surface area contributed by atoms with E-state index in [2.05, 4.69) is 21.6 Å². The van der Waals surface area contributed by atoms with Crippen LogP contribution in [0.3, 0.4) is 0 Å². The molecule has 1 aliphatic heterocycles. The zero-order valence-electron chi connectivity index (χ0n) is 9.25. The fourth-order valence-electron chi connectivity index (χ4n) is 1.70. The summed E-state index contributed by atoms with van der Waals surface area (Å²) in [7, 11) is 0. The number of anilines is 1. The molecule has 1 aromatic rings. The lowest BCUT2D eigenvalue weighted by Gasteiger charge is -2.33. The van der Waals surface area contributed by atoms with Crippen LogP contribution in [0.2, 0.25) is 0 Å². The molecule has 0 atom stereocenters. The molecule has 0 radical (unpaired) electrons. The lowest BCUT2D eigenvalue weighted by molar-refractivity contribution is 0.0300. The van der Waals surface area contributed by atoms with Crippen LogP contribution in [0, 0.1) is 12.3 Å². The number of nitrogens with zero attached hydrogens (tertiary/aromatic N) is 2. The first-order chi connectivity index (χ1) is 7.18. The molecule has 2 heterocycles. The zero-order chi connectivity index (χ0) is 10.7. The van der Waals surface area contributed by atoms with Gasteiger partial charge in [0.05, 0.1) is 0 Å². The van der Waals surface area contributed by atoms with Gasteiger partial charge in [0.25, 0.3) is 0 Å². The summed E-state index contributed by atoms with van der Waals surface area (Å²) in [6, 6.07) is 0. The Kier molecular flexibility index (Phi) is 3.21. The molecule has 0 aliphatic carbocycles. The zero-order valence-corrected chi connectivity index (χ0v) is 10.1. The maximum atomic E-state index is 5.37. The highest BCUT2D eigenvalue weighted by atomic mass is 32.1. The summed E-state index contributed by atoms with van der Waals surface area (Å²) in [5, 5.41) is 4.30. The first kappa shape index (κ1) is 10.8. The molecular formula is C10H17N3OS. The molecule has 0 unspecified atom stereocenters. The summed E-state index contributed by atoms with van der Waals surface area (Å²) in [6.45, 7) is 6.94. The van der Waals surface area contributed by atoms with Crippen molar-refractivity contribution in [2.24, 2.45) is 5.41 Å². The van der Waals surface area contributed by atoms with E-state index in [1.807, 2.05) is 6.92 Å². The summed E-state index contributed by atoms with van der Waals surface area (Å²) in [4.78, 5) is 4.29. The van der Waals surface area contributed by atoms with E-state index >= 15 is 0 Å². The molecule has 1 saturated heterocycles. The van der Waals surface area contributed by atoms with Gasteiger partial charge in [-0.05, 0) is 25.2 Å². The Morgan fingerprint density at radius 2 is 2.20 bits per heavy atom. The van der Waals surface area contributed by atoms with Gasteiger partial charge in [0.2, 0.25) is 5.13 Å². The van der Waals surface area contributed by atoms with Gasteiger partial charge in [0.1, 0.15) is 5.82 Å². The largest absolute Gasteiger partial charge is 0.381 e. The van der Waals surface area contributed by atoms with Crippen molar-refractivity contribution in [2.75, 3.05) is 25.1 Å². The molecule has 0 amide bonds. The first-order valence-electron chi connectivity index (χ1n) is 5.30. The highest BCUT2D eigenvalue weighted by Gasteiger charge is 2.27. The van der Waals surface area contributed by atoms with Crippen LogP contribution < -0.4 is 5.32 Å². The Hall–Kier alpha value is -0.680. The Morgan fingerprint density at radius 1 is 1.47 bits per heavy atom. The Bertz CT molecular complexity index is 320. The number of hydrogen-bond donors (Lipinski definition) is 1. The van der Waals surface area contributed by atoms with E-state index in [9.17, 15) is 0 Å². The van der Waals surface area contributed by atoms with Gasteiger partial charge in [-0.1, -0.05) is 6.92 Å². The predicted octanol–water partition coefficient (Wildman–Crippen LogP) is 2.08. The van der Waals surface area contributed by atoms with Crippen LogP contribution in [-0.4, -0.2) is 29.1 Å². The standard InChI is InChI=1S/C10H17N3OS/c1-8-12-9(15-13-8)11-7-10(2)3-5-14-6-4-10/h3-7H2,1-2H3,(H,11,12,13). The summed E-state index contributed by atoms with van der Waals surface area (Å²) in [5.41, 5.74) is 0.345. The number of aryl methyl sites for hydroxylation is 1. The highest BCUT2D eigenvalue weighted by Crippen LogP contribution is 2.30. The van der Waals surface area contributed by atoms with Gasteiger partial charge >= 0.3 is 0 Å². The van der Waals surface area contributed by atoms with E-state index in [4.69, 9.17) is 4.74 Å². The fraction of sp³-hybridized carbons (Fsp3) is 0.800. The van der Waals surface area contributed by atoms with Gasteiger partial charge in [0.15, 0.2) is 0 Å². The fourth-order valence-corrected chi connectivity index (χ4v) is 2.27. The van der Waals surface area contributed by atoms with Crippen LogP contribution >= 0.6 is 11.5 Å². The molecule has 1 aliphatic rings. The Labute approximate surface area is 94.2 Å². The smallest absolute Gasteiger partial charge is 0.202 e. The van der Waals surface area contributed by atoms with Crippen molar-refractivity contribution in [1.29, 1.82) is 0 Å². The minimum atomic E-state index is 0.345. The first-order valence-corrected chi connectivity index (χ1v) is 6.07. The average molecular weight is 227 g/mol. The molecular weight excluding hydrogens is 210 g/mol. The number of hydrogen-bond acceptors (Lipinski definition) is 5. The van der Waals surface area contributed by atoms with Gasteiger partial charge in [-0.3, -0.25) is 0 Å². The second-order valence-electron chi connectivity index (χ2n) is 4.42.